The molecular formula is C16H18N4O2S. The Morgan fingerprint density at radius 3 is 2.96 bits per heavy atom. The lowest BCUT2D eigenvalue weighted by Gasteiger charge is -2.17. The van der Waals surface area contributed by atoms with Crippen molar-refractivity contribution in [1.82, 2.24) is 10.2 Å². The molecule has 0 saturated carbocycles. The summed E-state index contributed by atoms with van der Waals surface area (Å²) in [7, 11) is 0. The molecule has 2 amide bonds. The number of aromatic nitrogens is 2. The number of nitrogens with one attached hydrogen (secondary N) is 1. The highest BCUT2D eigenvalue weighted by Crippen LogP contribution is 2.27. The smallest absolute Gasteiger partial charge is 0.231 e. The number of amides is 2. The summed E-state index contributed by atoms with van der Waals surface area (Å²) >= 11 is 1.37. The van der Waals surface area contributed by atoms with E-state index in [1.807, 2.05) is 38.1 Å². The third-order valence-corrected chi connectivity index (χ3v) is 4.79. The van der Waals surface area contributed by atoms with Gasteiger partial charge in [0.2, 0.25) is 16.9 Å². The number of carbonyl (C=O) groups is 2. The third-order valence-electron chi connectivity index (χ3n) is 3.81. The number of hydrogen-bond acceptors (Lipinski definition) is 5. The lowest BCUT2D eigenvalue weighted by molar-refractivity contribution is -0.122. The zero-order chi connectivity index (χ0) is 16.4. The first-order valence-corrected chi connectivity index (χ1v) is 8.38. The van der Waals surface area contributed by atoms with Gasteiger partial charge in [-0.1, -0.05) is 30.4 Å². The molecule has 120 valence electrons. The van der Waals surface area contributed by atoms with Gasteiger partial charge in [-0.05, 0) is 31.0 Å². The summed E-state index contributed by atoms with van der Waals surface area (Å²) in [5, 5.41) is 12.1. The van der Waals surface area contributed by atoms with Crippen LogP contribution in [-0.4, -0.2) is 28.6 Å². The van der Waals surface area contributed by atoms with Crippen LogP contribution >= 0.6 is 11.3 Å². The molecule has 1 aliphatic heterocycles. The first kappa shape index (κ1) is 15.6. The van der Waals surface area contributed by atoms with Crippen molar-refractivity contribution in [3.05, 3.63) is 34.8 Å². The topological polar surface area (TPSA) is 75.2 Å². The predicted octanol–water partition coefficient (Wildman–Crippen LogP) is 2.40. The summed E-state index contributed by atoms with van der Waals surface area (Å²) in [5.74, 6) is -0.563. The fourth-order valence-electron chi connectivity index (χ4n) is 2.58. The Morgan fingerprint density at radius 2 is 2.26 bits per heavy atom. The van der Waals surface area contributed by atoms with E-state index < -0.39 is 0 Å². The van der Waals surface area contributed by atoms with Gasteiger partial charge in [-0.2, -0.15) is 0 Å². The van der Waals surface area contributed by atoms with E-state index in [0.29, 0.717) is 11.7 Å². The summed E-state index contributed by atoms with van der Waals surface area (Å²) in [6.45, 7) is 4.37. The van der Waals surface area contributed by atoms with Crippen LogP contribution in [0.1, 0.15) is 23.9 Å². The van der Waals surface area contributed by atoms with Crippen LogP contribution in [0.5, 0.6) is 0 Å². The first-order valence-electron chi connectivity index (χ1n) is 7.57. The van der Waals surface area contributed by atoms with Crippen LogP contribution in [0.15, 0.2) is 24.3 Å². The van der Waals surface area contributed by atoms with Crippen molar-refractivity contribution >= 4 is 34.0 Å². The van der Waals surface area contributed by atoms with Crippen molar-refractivity contribution < 1.29 is 9.59 Å². The maximum atomic E-state index is 12.4. The SMILES string of the molecule is CCc1nnc(NC(=O)[C@@H]2CC(=O)N(c3cccc(C)c3)C2)s1. The number of anilines is 2. The minimum atomic E-state index is -0.364. The van der Waals surface area contributed by atoms with E-state index in [0.717, 1.165) is 22.7 Å². The minimum absolute atomic E-state index is 0.0257. The van der Waals surface area contributed by atoms with Gasteiger partial charge in [0.15, 0.2) is 0 Å². The molecule has 6 nitrogen and oxygen atoms in total. The van der Waals surface area contributed by atoms with Crippen molar-refractivity contribution in [2.24, 2.45) is 5.92 Å². The lowest BCUT2D eigenvalue weighted by atomic mass is 10.1. The van der Waals surface area contributed by atoms with Crippen molar-refractivity contribution in [3.63, 3.8) is 0 Å². The Bertz CT molecular complexity index is 743. The van der Waals surface area contributed by atoms with Crippen LogP contribution in [0, 0.1) is 12.8 Å². The van der Waals surface area contributed by atoms with Gasteiger partial charge in [0.05, 0.1) is 5.92 Å². The second-order valence-corrected chi connectivity index (χ2v) is 6.65. The van der Waals surface area contributed by atoms with E-state index in [2.05, 4.69) is 15.5 Å². The number of hydrogen-bond donors (Lipinski definition) is 1. The summed E-state index contributed by atoms with van der Waals surface area (Å²) in [6, 6.07) is 7.74. The fraction of sp³-hybridized carbons (Fsp3) is 0.375. The van der Waals surface area contributed by atoms with Gasteiger partial charge in [0.25, 0.3) is 0 Å². The van der Waals surface area contributed by atoms with Crippen LogP contribution < -0.4 is 10.2 Å². The molecule has 1 fully saturated rings. The molecule has 2 aromatic rings. The van der Waals surface area contributed by atoms with Crippen LogP contribution in [0.3, 0.4) is 0 Å². The summed E-state index contributed by atoms with van der Waals surface area (Å²) in [5.41, 5.74) is 1.93. The number of aryl methyl sites for hydroxylation is 2. The van der Waals surface area contributed by atoms with Gasteiger partial charge >= 0.3 is 0 Å². The molecule has 23 heavy (non-hydrogen) atoms. The van der Waals surface area contributed by atoms with E-state index in [9.17, 15) is 9.59 Å². The highest BCUT2D eigenvalue weighted by atomic mass is 32.1. The third kappa shape index (κ3) is 3.39. The van der Waals surface area contributed by atoms with Gasteiger partial charge in [-0.3, -0.25) is 9.59 Å². The van der Waals surface area contributed by atoms with Gasteiger partial charge in [0.1, 0.15) is 5.01 Å². The van der Waals surface area contributed by atoms with E-state index in [-0.39, 0.29) is 24.2 Å². The lowest BCUT2D eigenvalue weighted by Crippen LogP contribution is -2.28. The molecule has 1 aromatic heterocycles. The van der Waals surface area contributed by atoms with Crippen LogP contribution in [-0.2, 0) is 16.0 Å². The van der Waals surface area contributed by atoms with Crippen LogP contribution in [0.25, 0.3) is 0 Å². The average molecular weight is 330 g/mol. The zero-order valence-electron chi connectivity index (χ0n) is 13.1. The van der Waals surface area contributed by atoms with Gasteiger partial charge in [-0.25, -0.2) is 0 Å². The normalized spacial score (nSPS) is 17.6. The van der Waals surface area contributed by atoms with E-state index >= 15 is 0 Å². The highest BCUT2D eigenvalue weighted by Gasteiger charge is 2.35. The second-order valence-electron chi connectivity index (χ2n) is 5.59. The van der Waals surface area contributed by atoms with E-state index in [1.54, 1.807) is 4.90 Å². The number of nitrogens with zero attached hydrogens (tertiary/aromatic N) is 3. The molecule has 1 N–H and O–H groups in total. The number of rotatable bonds is 4. The van der Waals surface area contributed by atoms with Gasteiger partial charge in [-0.15, -0.1) is 10.2 Å². The first-order chi connectivity index (χ1) is 11.1. The quantitative estimate of drug-likeness (QED) is 0.934. The predicted molar refractivity (Wildman–Crippen MR) is 89.6 cm³/mol. The minimum Gasteiger partial charge on any atom is -0.312 e. The summed E-state index contributed by atoms with van der Waals surface area (Å²) in [6.07, 6.45) is 1.01. The molecule has 0 radical (unpaired) electrons. The Labute approximate surface area is 138 Å². The Hall–Kier alpha value is -2.28. The Balaban J connectivity index is 1.68. The monoisotopic (exact) mass is 330 g/mol. The number of benzene rings is 1. The summed E-state index contributed by atoms with van der Waals surface area (Å²) in [4.78, 5) is 26.3. The Morgan fingerprint density at radius 1 is 1.43 bits per heavy atom. The fourth-order valence-corrected chi connectivity index (χ4v) is 3.27. The number of carbonyl (C=O) groups excluding carboxylic acids is 2. The molecule has 1 saturated heterocycles. The Kier molecular flexibility index (Phi) is 4.38. The molecule has 1 aromatic carbocycles. The van der Waals surface area contributed by atoms with E-state index in [1.165, 1.54) is 11.3 Å². The van der Waals surface area contributed by atoms with Crippen LogP contribution in [0.4, 0.5) is 10.8 Å². The van der Waals surface area contributed by atoms with Crippen molar-refractivity contribution in [1.29, 1.82) is 0 Å². The maximum absolute atomic E-state index is 12.4. The second kappa shape index (κ2) is 6.45. The van der Waals surface area contributed by atoms with Crippen molar-refractivity contribution in [2.75, 3.05) is 16.8 Å². The average Bonchev–Trinajstić information content (AvgIpc) is 3.13. The van der Waals surface area contributed by atoms with Crippen LogP contribution in [0.2, 0.25) is 0 Å². The van der Waals surface area contributed by atoms with Gasteiger partial charge < -0.3 is 10.2 Å². The molecule has 1 aliphatic rings. The van der Waals surface area contributed by atoms with Crippen molar-refractivity contribution in [2.45, 2.75) is 26.7 Å². The maximum Gasteiger partial charge on any atom is 0.231 e. The molecule has 2 heterocycles. The molecule has 0 aliphatic carbocycles. The standard InChI is InChI=1S/C16H18N4O2S/c1-3-13-18-19-16(23-13)17-15(22)11-8-14(21)20(9-11)12-6-4-5-10(2)7-12/h4-7,11H,3,8-9H2,1-2H3,(H,17,19,22)/t11-/m1/s1. The molecular weight excluding hydrogens is 312 g/mol. The van der Waals surface area contributed by atoms with E-state index in [4.69, 9.17) is 0 Å². The van der Waals surface area contributed by atoms with Gasteiger partial charge in [0, 0.05) is 18.7 Å². The molecule has 3 rings (SSSR count). The van der Waals surface area contributed by atoms with Crippen molar-refractivity contribution in [3.8, 4) is 0 Å². The molecule has 0 spiro atoms. The summed E-state index contributed by atoms with van der Waals surface area (Å²) < 4.78 is 0. The zero-order valence-corrected chi connectivity index (χ0v) is 13.9. The molecule has 1 atom stereocenters. The molecule has 0 bridgehead atoms. The molecule has 0 unspecified atom stereocenters. The molecule has 7 heteroatoms. The largest absolute Gasteiger partial charge is 0.312 e. The highest BCUT2D eigenvalue weighted by molar-refractivity contribution is 7.15.